The smallest absolute Gasteiger partial charge is 0.276 e. The van der Waals surface area contributed by atoms with Crippen molar-refractivity contribution in [2.24, 2.45) is 5.92 Å². The van der Waals surface area contributed by atoms with Crippen molar-refractivity contribution in [1.82, 2.24) is 25.2 Å². The summed E-state index contributed by atoms with van der Waals surface area (Å²) in [5, 5.41) is 11.5. The maximum absolute atomic E-state index is 12.7. The van der Waals surface area contributed by atoms with Gasteiger partial charge in [-0.15, -0.1) is 5.10 Å². The van der Waals surface area contributed by atoms with Crippen molar-refractivity contribution >= 4 is 11.8 Å². The second-order valence-electron chi connectivity index (χ2n) is 8.87. The summed E-state index contributed by atoms with van der Waals surface area (Å²) in [7, 11) is 0. The zero-order chi connectivity index (χ0) is 21.0. The first-order valence-electron chi connectivity index (χ1n) is 11.0. The van der Waals surface area contributed by atoms with E-state index in [9.17, 15) is 9.59 Å². The summed E-state index contributed by atoms with van der Waals surface area (Å²) in [6.07, 6.45) is 7.03. The van der Waals surface area contributed by atoms with Gasteiger partial charge in [0.1, 0.15) is 0 Å². The fraction of sp³-hybridized carbons (Fsp3) is 0.810. The first-order valence-corrected chi connectivity index (χ1v) is 11.0. The summed E-state index contributed by atoms with van der Waals surface area (Å²) in [5.41, 5.74) is 0.192. The van der Waals surface area contributed by atoms with Crippen molar-refractivity contribution in [3.8, 4) is 0 Å². The van der Waals surface area contributed by atoms with Crippen molar-refractivity contribution < 1.29 is 14.3 Å². The molecule has 1 aliphatic carbocycles. The molecule has 0 spiro atoms. The van der Waals surface area contributed by atoms with E-state index in [2.05, 4.69) is 29.5 Å². The number of hydrogen-bond donors (Lipinski definition) is 1. The number of ether oxygens (including phenoxy) is 1. The summed E-state index contributed by atoms with van der Waals surface area (Å²) in [5.74, 6) is 0.139. The van der Waals surface area contributed by atoms with Crippen LogP contribution >= 0.6 is 0 Å². The average Bonchev–Trinajstić information content (AvgIpc) is 3.19. The van der Waals surface area contributed by atoms with Gasteiger partial charge in [0.25, 0.3) is 5.91 Å². The third-order valence-corrected chi connectivity index (χ3v) is 6.27. The lowest BCUT2D eigenvalue weighted by Gasteiger charge is -2.36. The number of rotatable bonds is 6. The molecule has 1 N–H and O–H groups in total. The minimum absolute atomic E-state index is 0.0421. The molecule has 2 amide bonds. The minimum atomic E-state index is -0.217. The molecule has 1 atom stereocenters. The Morgan fingerprint density at radius 1 is 1.21 bits per heavy atom. The fourth-order valence-corrected chi connectivity index (χ4v) is 4.49. The van der Waals surface area contributed by atoms with Crippen molar-refractivity contribution in [1.29, 1.82) is 0 Å². The van der Waals surface area contributed by atoms with E-state index in [0.29, 0.717) is 25.4 Å². The van der Waals surface area contributed by atoms with Crippen LogP contribution in [0.1, 0.15) is 82.8 Å². The van der Waals surface area contributed by atoms with Gasteiger partial charge in [0.2, 0.25) is 5.91 Å². The second-order valence-corrected chi connectivity index (χ2v) is 8.87. The SMILES string of the molecule is CCN(CC)C(=O)c1cn(C2CCC(NC(=O)[C@@H]3CCOC(C)(C)C3)CC2)nn1. The molecule has 1 aliphatic heterocycles. The van der Waals surface area contributed by atoms with Gasteiger partial charge in [-0.3, -0.25) is 9.59 Å². The van der Waals surface area contributed by atoms with Crippen LogP contribution in [0, 0.1) is 5.92 Å². The highest BCUT2D eigenvalue weighted by molar-refractivity contribution is 5.91. The topological polar surface area (TPSA) is 89.4 Å². The van der Waals surface area contributed by atoms with E-state index in [-0.39, 0.29) is 35.4 Å². The summed E-state index contributed by atoms with van der Waals surface area (Å²) in [6.45, 7) is 10.0. The summed E-state index contributed by atoms with van der Waals surface area (Å²) >= 11 is 0. The number of nitrogens with one attached hydrogen (secondary N) is 1. The number of amides is 2. The Hall–Kier alpha value is -1.96. The molecule has 0 radical (unpaired) electrons. The lowest BCUT2D eigenvalue weighted by atomic mass is 9.86. The van der Waals surface area contributed by atoms with Crippen LogP contribution in [0.4, 0.5) is 0 Å². The Bertz CT molecular complexity index is 705. The molecule has 2 aliphatic rings. The van der Waals surface area contributed by atoms with Gasteiger partial charge in [0.05, 0.1) is 17.8 Å². The van der Waals surface area contributed by atoms with Gasteiger partial charge in [0, 0.05) is 31.7 Å². The summed E-state index contributed by atoms with van der Waals surface area (Å²) in [4.78, 5) is 26.8. The highest BCUT2D eigenvalue weighted by atomic mass is 16.5. The molecule has 1 saturated carbocycles. The highest BCUT2D eigenvalue weighted by Crippen LogP contribution is 2.31. The predicted octanol–water partition coefficient (Wildman–Crippen LogP) is 2.57. The van der Waals surface area contributed by atoms with Crippen molar-refractivity contribution in [2.75, 3.05) is 19.7 Å². The van der Waals surface area contributed by atoms with Crippen LogP contribution < -0.4 is 5.32 Å². The third kappa shape index (κ3) is 5.35. The molecule has 0 aromatic carbocycles. The van der Waals surface area contributed by atoms with E-state index in [1.807, 2.05) is 18.5 Å². The Kier molecular flexibility index (Phi) is 6.93. The van der Waals surface area contributed by atoms with Crippen molar-refractivity contribution in [3.05, 3.63) is 11.9 Å². The van der Waals surface area contributed by atoms with E-state index >= 15 is 0 Å². The molecule has 162 valence electrons. The van der Waals surface area contributed by atoms with Crippen LogP contribution in [-0.4, -0.2) is 63.0 Å². The number of carbonyl (C=O) groups excluding carboxylic acids is 2. The highest BCUT2D eigenvalue weighted by Gasteiger charge is 2.34. The van der Waals surface area contributed by atoms with Crippen molar-refractivity contribution in [3.63, 3.8) is 0 Å². The van der Waals surface area contributed by atoms with E-state index in [4.69, 9.17) is 4.74 Å². The van der Waals surface area contributed by atoms with E-state index in [1.165, 1.54) is 0 Å². The zero-order valence-corrected chi connectivity index (χ0v) is 18.2. The normalized spacial score (nSPS) is 26.7. The first kappa shape index (κ1) is 21.7. The number of hydrogen-bond acceptors (Lipinski definition) is 5. The Balaban J connectivity index is 1.49. The molecule has 8 heteroatoms. The lowest BCUT2D eigenvalue weighted by molar-refractivity contribution is -0.136. The Labute approximate surface area is 173 Å². The van der Waals surface area contributed by atoms with Gasteiger partial charge in [-0.25, -0.2) is 4.68 Å². The minimum Gasteiger partial charge on any atom is -0.376 e. The van der Waals surface area contributed by atoms with E-state index < -0.39 is 0 Å². The second kappa shape index (κ2) is 9.24. The van der Waals surface area contributed by atoms with Crippen LogP contribution in [0.2, 0.25) is 0 Å². The van der Waals surface area contributed by atoms with Gasteiger partial charge in [-0.2, -0.15) is 0 Å². The van der Waals surface area contributed by atoms with Crippen LogP contribution in [-0.2, 0) is 9.53 Å². The standard InChI is InChI=1S/C21H35N5O3/c1-5-25(6-2)20(28)18-14-26(24-23-18)17-9-7-16(8-10-17)22-19(27)15-11-12-29-21(3,4)13-15/h14-17H,5-13H2,1-4H3,(H,22,27)/t15-,16?,17?/m1/s1. The van der Waals surface area contributed by atoms with Crippen LogP contribution in [0.3, 0.4) is 0 Å². The average molecular weight is 406 g/mol. The zero-order valence-electron chi connectivity index (χ0n) is 18.2. The molecule has 2 fully saturated rings. The van der Waals surface area contributed by atoms with Crippen LogP contribution in [0.25, 0.3) is 0 Å². The molecule has 2 heterocycles. The van der Waals surface area contributed by atoms with Gasteiger partial charge in [0.15, 0.2) is 5.69 Å². The third-order valence-electron chi connectivity index (χ3n) is 6.27. The molecular weight excluding hydrogens is 370 g/mol. The monoisotopic (exact) mass is 405 g/mol. The molecule has 1 saturated heterocycles. The van der Waals surface area contributed by atoms with Crippen molar-refractivity contribution in [2.45, 2.75) is 83.9 Å². The quantitative estimate of drug-likeness (QED) is 0.786. The van der Waals surface area contributed by atoms with Gasteiger partial charge in [-0.1, -0.05) is 5.21 Å². The lowest BCUT2D eigenvalue weighted by Crippen LogP contribution is -2.45. The van der Waals surface area contributed by atoms with Crippen LogP contribution in [0.5, 0.6) is 0 Å². The van der Waals surface area contributed by atoms with Gasteiger partial charge < -0.3 is 15.0 Å². The van der Waals surface area contributed by atoms with E-state index in [0.717, 1.165) is 38.5 Å². The molecule has 0 unspecified atom stereocenters. The maximum Gasteiger partial charge on any atom is 0.276 e. The van der Waals surface area contributed by atoms with Crippen LogP contribution in [0.15, 0.2) is 6.20 Å². The largest absolute Gasteiger partial charge is 0.376 e. The Morgan fingerprint density at radius 2 is 1.90 bits per heavy atom. The Morgan fingerprint density at radius 3 is 2.52 bits per heavy atom. The van der Waals surface area contributed by atoms with Gasteiger partial charge >= 0.3 is 0 Å². The number of carbonyl (C=O) groups is 2. The predicted molar refractivity (Wildman–Crippen MR) is 109 cm³/mol. The summed E-state index contributed by atoms with van der Waals surface area (Å²) in [6, 6.07) is 0.445. The van der Waals surface area contributed by atoms with Gasteiger partial charge in [-0.05, 0) is 66.2 Å². The molecular formula is C21H35N5O3. The fourth-order valence-electron chi connectivity index (χ4n) is 4.49. The van der Waals surface area contributed by atoms with E-state index in [1.54, 1.807) is 11.1 Å². The number of nitrogens with zero attached hydrogens (tertiary/aromatic N) is 4. The summed E-state index contributed by atoms with van der Waals surface area (Å²) < 4.78 is 7.55. The molecule has 1 aromatic rings. The molecule has 29 heavy (non-hydrogen) atoms. The maximum atomic E-state index is 12.7. The number of aromatic nitrogens is 3. The molecule has 3 rings (SSSR count). The molecule has 1 aromatic heterocycles. The molecule has 0 bridgehead atoms. The molecule has 8 nitrogen and oxygen atoms in total. The first-order chi connectivity index (χ1) is 13.8.